The third-order valence-electron chi connectivity index (χ3n) is 4.23. The van der Waals surface area contributed by atoms with Gasteiger partial charge < -0.3 is 10.2 Å². The summed E-state index contributed by atoms with van der Waals surface area (Å²) in [5, 5.41) is 2.73. The smallest absolute Gasteiger partial charge is 0.261 e. The van der Waals surface area contributed by atoms with E-state index in [-0.39, 0.29) is 22.1 Å². The van der Waals surface area contributed by atoms with Crippen LogP contribution in [0.3, 0.4) is 0 Å². The van der Waals surface area contributed by atoms with Crippen molar-refractivity contribution in [2.45, 2.75) is 4.90 Å². The number of nitrogens with one attached hydrogen (secondary N) is 2. The van der Waals surface area contributed by atoms with Gasteiger partial charge in [-0.1, -0.05) is 24.3 Å². The fraction of sp³-hybridized carbons (Fsp3) is 0.0909. The van der Waals surface area contributed by atoms with E-state index in [2.05, 4.69) is 10.0 Å². The molecule has 3 aromatic rings. The maximum atomic E-state index is 12.6. The molecule has 0 unspecified atom stereocenters. The molecule has 0 saturated carbocycles. The highest BCUT2D eigenvalue weighted by Crippen LogP contribution is 2.18. The van der Waals surface area contributed by atoms with Crippen molar-refractivity contribution in [2.75, 3.05) is 24.1 Å². The molecule has 30 heavy (non-hydrogen) atoms. The predicted octanol–water partition coefficient (Wildman–Crippen LogP) is 3.44. The molecular formula is C22H21N3O4S. The zero-order chi connectivity index (χ0) is 21.7. The Morgan fingerprint density at radius 3 is 2.07 bits per heavy atom. The Balaban J connectivity index is 1.73. The number of amides is 2. The summed E-state index contributed by atoms with van der Waals surface area (Å²) in [6.45, 7) is 0. The summed E-state index contributed by atoms with van der Waals surface area (Å²) in [6, 6.07) is 20.7. The summed E-state index contributed by atoms with van der Waals surface area (Å²) in [6.07, 6.45) is 0. The third-order valence-corrected chi connectivity index (χ3v) is 5.62. The first-order chi connectivity index (χ1) is 14.3. The van der Waals surface area contributed by atoms with Gasteiger partial charge in [-0.05, 0) is 54.6 Å². The van der Waals surface area contributed by atoms with Crippen LogP contribution in [0.15, 0.2) is 83.8 Å². The minimum absolute atomic E-state index is 0.132. The molecule has 0 aliphatic heterocycles. The minimum atomic E-state index is -3.75. The van der Waals surface area contributed by atoms with E-state index in [1.54, 1.807) is 74.8 Å². The van der Waals surface area contributed by atoms with Crippen molar-refractivity contribution in [1.82, 2.24) is 4.90 Å². The van der Waals surface area contributed by atoms with E-state index in [1.165, 1.54) is 23.1 Å². The topological polar surface area (TPSA) is 95.6 Å². The lowest BCUT2D eigenvalue weighted by atomic mass is 10.1. The molecular weight excluding hydrogens is 402 g/mol. The summed E-state index contributed by atoms with van der Waals surface area (Å²) in [5.74, 6) is -0.534. The summed E-state index contributed by atoms with van der Waals surface area (Å²) in [4.78, 5) is 26.1. The standard InChI is InChI=1S/C22H21N3O4S/c1-25(2)22(27)16-11-13-18(14-12-16)23-21(26)17-7-6-8-19(15-17)24-30(28,29)20-9-4-3-5-10-20/h3-15,24H,1-2H3,(H,23,26). The zero-order valence-electron chi connectivity index (χ0n) is 16.5. The van der Waals surface area contributed by atoms with Gasteiger partial charge in [-0.15, -0.1) is 0 Å². The molecule has 8 heteroatoms. The molecule has 0 atom stereocenters. The van der Waals surface area contributed by atoms with Gasteiger partial charge in [0.05, 0.1) is 4.90 Å². The van der Waals surface area contributed by atoms with Crippen LogP contribution in [-0.4, -0.2) is 39.2 Å². The molecule has 0 bridgehead atoms. The first-order valence-electron chi connectivity index (χ1n) is 9.07. The van der Waals surface area contributed by atoms with Gasteiger partial charge in [0.1, 0.15) is 0 Å². The van der Waals surface area contributed by atoms with E-state index >= 15 is 0 Å². The fourth-order valence-corrected chi connectivity index (χ4v) is 3.77. The van der Waals surface area contributed by atoms with Crippen molar-refractivity contribution in [1.29, 1.82) is 0 Å². The molecule has 2 N–H and O–H groups in total. The molecule has 0 spiro atoms. The zero-order valence-corrected chi connectivity index (χ0v) is 17.3. The normalized spacial score (nSPS) is 10.9. The van der Waals surface area contributed by atoms with Crippen LogP contribution in [0, 0.1) is 0 Å². The molecule has 0 heterocycles. The van der Waals surface area contributed by atoms with Crippen molar-refractivity contribution in [3.63, 3.8) is 0 Å². The minimum Gasteiger partial charge on any atom is -0.345 e. The number of benzene rings is 3. The van der Waals surface area contributed by atoms with E-state index in [0.717, 1.165) is 0 Å². The van der Waals surface area contributed by atoms with Gasteiger partial charge in [0.2, 0.25) is 0 Å². The highest BCUT2D eigenvalue weighted by atomic mass is 32.2. The summed E-state index contributed by atoms with van der Waals surface area (Å²) >= 11 is 0. The maximum Gasteiger partial charge on any atom is 0.261 e. The van der Waals surface area contributed by atoms with Crippen LogP contribution in [0.1, 0.15) is 20.7 Å². The van der Waals surface area contributed by atoms with Crippen LogP contribution in [0.5, 0.6) is 0 Å². The second kappa shape index (κ2) is 8.79. The number of sulfonamides is 1. The van der Waals surface area contributed by atoms with Crippen molar-refractivity contribution < 1.29 is 18.0 Å². The Bertz CT molecular complexity index is 1160. The Hall–Kier alpha value is -3.65. The van der Waals surface area contributed by atoms with Crippen LogP contribution in [0.4, 0.5) is 11.4 Å². The van der Waals surface area contributed by atoms with Crippen LogP contribution in [0.25, 0.3) is 0 Å². The molecule has 154 valence electrons. The average Bonchev–Trinajstić information content (AvgIpc) is 2.74. The first-order valence-corrected chi connectivity index (χ1v) is 10.6. The van der Waals surface area contributed by atoms with E-state index in [4.69, 9.17) is 0 Å². The molecule has 0 fully saturated rings. The highest BCUT2D eigenvalue weighted by molar-refractivity contribution is 7.92. The van der Waals surface area contributed by atoms with Crippen LogP contribution < -0.4 is 10.0 Å². The Labute approximate surface area is 175 Å². The molecule has 0 aromatic heterocycles. The Morgan fingerprint density at radius 1 is 0.767 bits per heavy atom. The molecule has 0 aliphatic rings. The summed E-state index contributed by atoms with van der Waals surface area (Å²) < 4.78 is 27.4. The number of carbonyl (C=O) groups excluding carboxylic acids is 2. The number of rotatable bonds is 6. The van der Waals surface area contributed by atoms with Crippen molar-refractivity contribution in [2.24, 2.45) is 0 Å². The lowest BCUT2D eigenvalue weighted by Gasteiger charge is -2.12. The van der Waals surface area contributed by atoms with Gasteiger partial charge in [-0.3, -0.25) is 14.3 Å². The van der Waals surface area contributed by atoms with E-state index in [9.17, 15) is 18.0 Å². The highest BCUT2D eigenvalue weighted by Gasteiger charge is 2.15. The van der Waals surface area contributed by atoms with Gasteiger partial charge in [-0.25, -0.2) is 8.42 Å². The number of hydrogen-bond acceptors (Lipinski definition) is 4. The monoisotopic (exact) mass is 423 g/mol. The predicted molar refractivity (Wildman–Crippen MR) is 116 cm³/mol. The van der Waals surface area contributed by atoms with Gasteiger partial charge in [0.15, 0.2) is 0 Å². The molecule has 3 aromatic carbocycles. The van der Waals surface area contributed by atoms with Gasteiger partial charge in [0, 0.05) is 36.6 Å². The van der Waals surface area contributed by atoms with Crippen LogP contribution >= 0.6 is 0 Å². The molecule has 0 saturated heterocycles. The van der Waals surface area contributed by atoms with Gasteiger partial charge >= 0.3 is 0 Å². The van der Waals surface area contributed by atoms with Gasteiger partial charge in [0.25, 0.3) is 21.8 Å². The van der Waals surface area contributed by atoms with Crippen molar-refractivity contribution in [3.8, 4) is 0 Å². The van der Waals surface area contributed by atoms with Crippen molar-refractivity contribution >= 4 is 33.2 Å². The number of nitrogens with zero attached hydrogens (tertiary/aromatic N) is 1. The van der Waals surface area contributed by atoms with Crippen molar-refractivity contribution in [3.05, 3.63) is 90.0 Å². The number of anilines is 2. The summed E-state index contributed by atoms with van der Waals surface area (Å²) in [7, 11) is -0.425. The second-order valence-electron chi connectivity index (χ2n) is 6.73. The van der Waals surface area contributed by atoms with E-state index in [1.807, 2.05) is 0 Å². The quantitative estimate of drug-likeness (QED) is 0.635. The Kier molecular flexibility index (Phi) is 6.17. The molecule has 0 radical (unpaired) electrons. The lowest BCUT2D eigenvalue weighted by Crippen LogP contribution is -2.21. The molecule has 2 amide bonds. The summed E-state index contributed by atoms with van der Waals surface area (Å²) in [5.41, 5.74) is 1.59. The Morgan fingerprint density at radius 2 is 1.43 bits per heavy atom. The molecule has 0 aliphatic carbocycles. The maximum absolute atomic E-state index is 12.6. The second-order valence-corrected chi connectivity index (χ2v) is 8.41. The SMILES string of the molecule is CN(C)C(=O)c1ccc(NC(=O)c2cccc(NS(=O)(=O)c3ccccc3)c2)cc1. The van der Waals surface area contributed by atoms with E-state index < -0.39 is 15.9 Å². The third kappa shape index (κ3) is 5.03. The average molecular weight is 423 g/mol. The van der Waals surface area contributed by atoms with Gasteiger partial charge in [-0.2, -0.15) is 0 Å². The van der Waals surface area contributed by atoms with Crippen LogP contribution in [0.2, 0.25) is 0 Å². The first kappa shape index (κ1) is 21.1. The van der Waals surface area contributed by atoms with Crippen LogP contribution in [-0.2, 0) is 10.0 Å². The number of hydrogen-bond donors (Lipinski definition) is 2. The number of carbonyl (C=O) groups is 2. The molecule has 3 rings (SSSR count). The lowest BCUT2D eigenvalue weighted by molar-refractivity contribution is 0.0827. The largest absolute Gasteiger partial charge is 0.345 e. The molecule has 7 nitrogen and oxygen atoms in total. The fourth-order valence-electron chi connectivity index (χ4n) is 2.70. The van der Waals surface area contributed by atoms with E-state index in [0.29, 0.717) is 11.3 Å².